The molecule has 1 fully saturated rings. The van der Waals surface area contributed by atoms with Crippen molar-refractivity contribution in [1.29, 1.82) is 0 Å². The summed E-state index contributed by atoms with van der Waals surface area (Å²) in [5.41, 5.74) is 1.62. The molecule has 1 atom stereocenters. The first-order chi connectivity index (χ1) is 12.8. The molecule has 0 aromatic heterocycles. The quantitative estimate of drug-likeness (QED) is 0.480. The Morgan fingerprint density at radius 2 is 1.67 bits per heavy atom. The molecule has 0 spiro atoms. The second kappa shape index (κ2) is 9.92. The summed E-state index contributed by atoms with van der Waals surface area (Å²) >= 11 is 0. The van der Waals surface area contributed by atoms with Gasteiger partial charge in [0.05, 0.1) is 18.0 Å². The molecule has 27 heavy (non-hydrogen) atoms. The van der Waals surface area contributed by atoms with E-state index >= 15 is 0 Å². The molecule has 1 unspecified atom stereocenters. The van der Waals surface area contributed by atoms with Gasteiger partial charge in [-0.15, -0.1) is 0 Å². The molecule has 4 nitrogen and oxygen atoms in total. The summed E-state index contributed by atoms with van der Waals surface area (Å²) in [6, 6.07) is 7.52. The smallest absolute Gasteiger partial charge is 0.232 e. The molecule has 1 aliphatic carbocycles. The van der Waals surface area contributed by atoms with Gasteiger partial charge in [0.25, 0.3) is 0 Å². The lowest BCUT2D eigenvalue weighted by Crippen LogP contribution is -2.36. The highest BCUT2D eigenvalue weighted by Gasteiger charge is 2.43. The number of unbranched alkanes of at least 4 members (excludes halogenated alkanes) is 4. The van der Waals surface area contributed by atoms with Gasteiger partial charge >= 0.3 is 0 Å². The van der Waals surface area contributed by atoms with Crippen molar-refractivity contribution in [3.63, 3.8) is 0 Å². The van der Waals surface area contributed by atoms with E-state index < -0.39 is 16.1 Å². The molecule has 2 rings (SSSR count). The molecular weight excluding hydrogens is 358 g/mol. The van der Waals surface area contributed by atoms with Crippen molar-refractivity contribution in [3.05, 3.63) is 29.8 Å². The number of hydrogen-bond acceptors (Lipinski definition) is 3. The highest BCUT2D eigenvalue weighted by molar-refractivity contribution is 7.92. The molecule has 0 heterocycles. The topological polar surface area (TPSA) is 57.6 Å². The summed E-state index contributed by atoms with van der Waals surface area (Å²) in [6.45, 7) is 4.86. The molecule has 1 aromatic carbocycles. The zero-order valence-electron chi connectivity index (χ0n) is 17.3. The van der Waals surface area contributed by atoms with Crippen LogP contribution in [0.3, 0.4) is 0 Å². The van der Waals surface area contributed by atoms with Gasteiger partial charge in [-0.25, -0.2) is 8.42 Å². The van der Waals surface area contributed by atoms with Gasteiger partial charge in [0, 0.05) is 12.0 Å². The Labute approximate surface area is 166 Å². The third-order valence-electron chi connectivity index (χ3n) is 6.04. The largest absolute Gasteiger partial charge is 0.388 e. The molecule has 0 bridgehead atoms. The van der Waals surface area contributed by atoms with Gasteiger partial charge in [0.2, 0.25) is 10.0 Å². The van der Waals surface area contributed by atoms with E-state index in [9.17, 15) is 13.5 Å². The Balaban J connectivity index is 2.07. The standard InChI is InChI=1S/C22H37NO3S/c1-4-6-7-8-9-18-23(27(3,25)26)20-13-11-19(12-14-20)21(24)22(15-5-2)16-10-17-22/h11-14,21,24H,4-10,15-18H2,1-3H3. The Kier molecular flexibility index (Phi) is 8.17. The van der Waals surface area contributed by atoms with Crippen molar-refractivity contribution in [3.8, 4) is 0 Å². The average molecular weight is 396 g/mol. The summed E-state index contributed by atoms with van der Waals surface area (Å²) in [5.74, 6) is 0. The number of anilines is 1. The third-order valence-corrected chi connectivity index (χ3v) is 7.23. The fraction of sp³-hybridized carbons (Fsp3) is 0.727. The highest BCUT2D eigenvalue weighted by atomic mass is 32.2. The fourth-order valence-corrected chi connectivity index (χ4v) is 5.28. The van der Waals surface area contributed by atoms with E-state index in [-0.39, 0.29) is 5.41 Å². The molecule has 1 aliphatic rings. The second-order valence-corrected chi connectivity index (χ2v) is 10.1. The van der Waals surface area contributed by atoms with E-state index in [2.05, 4.69) is 13.8 Å². The molecule has 0 saturated heterocycles. The van der Waals surface area contributed by atoms with Gasteiger partial charge in [-0.05, 0) is 43.4 Å². The van der Waals surface area contributed by atoms with Crippen LogP contribution < -0.4 is 4.31 Å². The maximum Gasteiger partial charge on any atom is 0.232 e. The van der Waals surface area contributed by atoms with Gasteiger partial charge < -0.3 is 5.11 Å². The van der Waals surface area contributed by atoms with Crippen LogP contribution in [0.25, 0.3) is 0 Å². The molecule has 0 radical (unpaired) electrons. The van der Waals surface area contributed by atoms with Crippen LogP contribution in [0.2, 0.25) is 0 Å². The third kappa shape index (κ3) is 5.71. The van der Waals surface area contributed by atoms with Crippen LogP contribution in [-0.4, -0.2) is 26.3 Å². The van der Waals surface area contributed by atoms with Crippen LogP contribution in [0.1, 0.15) is 89.7 Å². The fourth-order valence-electron chi connectivity index (χ4n) is 4.31. The van der Waals surface area contributed by atoms with Crippen molar-refractivity contribution in [2.75, 3.05) is 17.1 Å². The summed E-state index contributed by atoms with van der Waals surface area (Å²) in [4.78, 5) is 0. The maximum atomic E-state index is 12.2. The van der Waals surface area contributed by atoms with Gasteiger partial charge in [0.15, 0.2) is 0 Å². The summed E-state index contributed by atoms with van der Waals surface area (Å²) in [7, 11) is -3.30. The molecule has 0 amide bonds. The molecule has 0 aliphatic heterocycles. The summed E-state index contributed by atoms with van der Waals surface area (Å²) in [6.07, 6.45) is 11.7. The van der Waals surface area contributed by atoms with Crippen LogP contribution in [-0.2, 0) is 10.0 Å². The molecule has 154 valence electrons. The number of sulfonamides is 1. The zero-order chi connectivity index (χ0) is 19.9. The van der Waals surface area contributed by atoms with Crippen molar-refractivity contribution >= 4 is 15.7 Å². The predicted octanol–water partition coefficient (Wildman–Crippen LogP) is 5.43. The van der Waals surface area contributed by atoms with Gasteiger partial charge in [-0.2, -0.15) is 0 Å². The average Bonchev–Trinajstić information content (AvgIpc) is 2.60. The Bertz CT molecular complexity index is 665. The van der Waals surface area contributed by atoms with Gasteiger partial charge in [-0.1, -0.05) is 64.5 Å². The van der Waals surface area contributed by atoms with E-state index in [4.69, 9.17) is 0 Å². The normalized spacial score (nSPS) is 17.3. The van der Waals surface area contributed by atoms with Crippen LogP contribution in [0.15, 0.2) is 24.3 Å². The van der Waals surface area contributed by atoms with E-state index in [1.165, 1.54) is 29.8 Å². The van der Waals surface area contributed by atoms with E-state index in [0.29, 0.717) is 12.2 Å². The second-order valence-electron chi connectivity index (χ2n) is 8.21. The summed E-state index contributed by atoms with van der Waals surface area (Å²) in [5, 5.41) is 10.9. The lowest BCUT2D eigenvalue weighted by Gasteiger charge is -2.46. The minimum absolute atomic E-state index is 0.0199. The minimum Gasteiger partial charge on any atom is -0.388 e. The first kappa shape index (κ1) is 22.2. The van der Waals surface area contributed by atoms with Crippen LogP contribution in [0.5, 0.6) is 0 Å². The highest BCUT2D eigenvalue weighted by Crippen LogP contribution is 2.53. The lowest BCUT2D eigenvalue weighted by molar-refractivity contribution is -0.0440. The number of aliphatic hydroxyl groups is 1. The number of benzene rings is 1. The SMILES string of the molecule is CCCCCCCN(c1ccc(C(O)C2(CCC)CCC2)cc1)S(C)(=O)=O. The van der Waals surface area contributed by atoms with Crippen LogP contribution in [0, 0.1) is 5.41 Å². The molecular formula is C22H37NO3S. The number of nitrogens with zero attached hydrogens (tertiary/aromatic N) is 1. The van der Waals surface area contributed by atoms with Crippen molar-refractivity contribution in [2.45, 2.75) is 84.2 Å². The number of aliphatic hydroxyl groups excluding tert-OH is 1. The monoisotopic (exact) mass is 395 g/mol. The molecule has 1 aromatic rings. The zero-order valence-corrected chi connectivity index (χ0v) is 18.1. The van der Waals surface area contributed by atoms with E-state index in [1.54, 1.807) is 0 Å². The Morgan fingerprint density at radius 1 is 1.04 bits per heavy atom. The minimum atomic E-state index is -3.30. The Morgan fingerprint density at radius 3 is 2.15 bits per heavy atom. The maximum absolute atomic E-state index is 12.2. The Hall–Kier alpha value is -1.07. The molecule has 5 heteroatoms. The van der Waals surface area contributed by atoms with Crippen molar-refractivity contribution < 1.29 is 13.5 Å². The predicted molar refractivity (Wildman–Crippen MR) is 114 cm³/mol. The van der Waals surface area contributed by atoms with E-state index in [1.807, 2.05) is 24.3 Å². The molecule has 1 N–H and O–H groups in total. The van der Waals surface area contributed by atoms with Gasteiger partial charge in [0.1, 0.15) is 0 Å². The van der Waals surface area contributed by atoms with Crippen LogP contribution >= 0.6 is 0 Å². The van der Waals surface area contributed by atoms with Crippen molar-refractivity contribution in [1.82, 2.24) is 0 Å². The van der Waals surface area contributed by atoms with Gasteiger partial charge in [-0.3, -0.25) is 4.31 Å². The van der Waals surface area contributed by atoms with Crippen LogP contribution in [0.4, 0.5) is 5.69 Å². The first-order valence-electron chi connectivity index (χ1n) is 10.6. The first-order valence-corrected chi connectivity index (χ1v) is 12.4. The number of hydrogen-bond donors (Lipinski definition) is 1. The number of rotatable bonds is 12. The van der Waals surface area contributed by atoms with Crippen molar-refractivity contribution in [2.24, 2.45) is 5.41 Å². The van der Waals surface area contributed by atoms with E-state index in [0.717, 1.165) is 50.5 Å². The lowest BCUT2D eigenvalue weighted by atomic mass is 9.61. The summed E-state index contributed by atoms with van der Waals surface area (Å²) < 4.78 is 26.0. The molecule has 1 saturated carbocycles.